The quantitative estimate of drug-likeness (QED) is 0.716. The number of aromatic nitrogens is 2. The van der Waals surface area contributed by atoms with E-state index in [1.165, 1.54) is 7.11 Å². The molecule has 1 atom stereocenters. The van der Waals surface area contributed by atoms with Gasteiger partial charge < -0.3 is 14.2 Å². The van der Waals surface area contributed by atoms with Crippen molar-refractivity contribution >= 4 is 11.9 Å². The van der Waals surface area contributed by atoms with Crippen molar-refractivity contribution in [2.45, 2.75) is 39.8 Å². The number of imidazole rings is 1. The van der Waals surface area contributed by atoms with Crippen LogP contribution in [0, 0.1) is 5.41 Å². The van der Waals surface area contributed by atoms with Crippen molar-refractivity contribution in [1.29, 1.82) is 0 Å². The summed E-state index contributed by atoms with van der Waals surface area (Å²) in [4.78, 5) is 30.5. The number of carbonyl (C=O) groups excluding carboxylic acids is 2. The number of ether oxygens (including phenoxy) is 1. The van der Waals surface area contributed by atoms with E-state index in [4.69, 9.17) is 4.74 Å². The molecule has 2 rings (SSSR count). The van der Waals surface area contributed by atoms with Gasteiger partial charge in [0.1, 0.15) is 6.04 Å². The summed E-state index contributed by atoms with van der Waals surface area (Å²) < 4.78 is 6.73. The fourth-order valence-corrected chi connectivity index (χ4v) is 2.43. The molecule has 6 nitrogen and oxygen atoms in total. The van der Waals surface area contributed by atoms with Crippen LogP contribution in [0.2, 0.25) is 0 Å². The molecule has 2 heterocycles. The molecule has 0 spiro atoms. The topological polar surface area (TPSA) is 64.4 Å². The molecule has 0 fully saturated rings. The number of nitrogens with zero attached hydrogens (tertiary/aromatic N) is 3. The van der Waals surface area contributed by atoms with Gasteiger partial charge in [0.25, 0.3) is 0 Å². The summed E-state index contributed by atoms with van der Waals surface area (Å²) in [5.74, 6) is -0.446. The third-order valence-electron chi connectivity index (χ3n) is 3.60. The summed E-state index contributed by atoms with van der Waals surface area (Å²) >= 11 is 0. The second kappa shape index (κ2) is 4.92. The summed E-state index contributed by atoms with van der Waals surface area (Å²) in [6.45, 7) is 5.94. The van der Waals surface area contributed by atoms with Crippen LogP contribution in [0.3, 0.4) is 0 Å². The zero-order valence-corrected chi connectivity index (χ0v) is 12.6. The van der Waals surface area contributed by atoms with E-state index >= 15 is 0 Å². The van der Waals surface area contributed by atoms with Crippen LogP contribution in [0.15, 0.2) is 6.33 Å². The molecule has 0 saturated heterocycles. The van der Waals surface area contributed by atoms with Crippen LogP contribution in [-0.4, -0.2) is 39.5 Å². The molecule has 0 N–H and O–H groups in total. The minimum absolute atomic E-state index is 0.0558. The minimum atomic E-state index is -0.589. The largest absolute Gasteiger partial charge is 0.467 e. The highest BCUT2D eigenvalue weighted by Gasteiger charge is 2.40. The summed E-state index contributed by atoms with van der Waals surface area (Å²) in [5, 5.41) is 0. The van der Waals surface area contributed by atoms with Crippen LogP contribution in [0.5, 0.6) is 0 Å². The molecule has 6 heteroatoms. The van der Waals surface area contributed by atoms with Gasteiger partial charge in [-0.3, -0.25) is 4.79 Å². The van der Waals surface area contributed by atoms with Crippen LogP contribution in [-0.2, 0) is 34.3 Å². The zero-order chi connectivity index (χ0) is 15.1. The Morgan fingerprint density at radius 3 is 2.60 bits per heavy atom. The molecule has 0 radical (unpaired) electrons. The summed E-state index contributed by atoms with van der Waals surface area (Å²) in [7, 11) is 3.24. The number of fused-ring (bicyclic) bond motifs is 1. The van der Waals surface area contributed by atoms with E-state index in [0.717, 1.165) is 11.4 Å². The van der Waals surface area contributed by atoms with E-state index in [2.05, 4.69) is 4.98 Å². The van der Waals surface area contributed by atoms with Crippen LogP contribution in [0.1, 0.15) is 32.2 Å². The van der Waals surface area contributed by atoms with E-state index < -0.39 is 11.5 Å². The predicted molar refractivity (Wildman–Crippen MR) is 72.7 cm³/mol. The number of amides is 1. The van der Waals surface area contributed by atoms with Crippen molar-refractivity contribution < 1.29 is 14.3 Å². The molecule has 1 unspecified atom stereocenters. The average molecular weight is 279 g/mol. The maximum absolute atomic E-state index is 12.6. The van der Waals surface area contributed by atoms with Crippen molar-refractivity contribution in [1.82, 2.24) is 14.5 Å². The highest BCUT2D eigenvalue weighted by molar-refractivity contribution is 5.88. The van der Waals surface area contributed by atoms with Crippen LogP contribution >= 0.6 is 0 Å². The molecule has 0 saturated carbocycles. The number of hydrogen-bond donors (Lipinski definition) is 0. The second-order valence-electron chi connectivity index (χ2n) is 6.17. The Balaban J connectivity index is 2.39. The van der Waals surface area contributed by atoms with E-state index in [1.807, 2.05) is 32.4 Å². The third-order valence-corrected chi connectivity index (χ3v) is 3.60. The first-order chi connectivity index (χ1) is 9.25. The Labute approximate surface area is 118 Å². The number of esters is 1. The van der Waals surface area contributed by atoms with E-state index in [1.54, 1.807) is 11.2 Å². The number of aryl methyl sites for hydroxylation is 1. The lowest BCUT2D eigenvalue weighted by molar-refractivity contribution is -0.157. The monoisotopic (exact) mass is 279 g/mol. The van der Waals surface area contributed by atoms with Crippen LogP contribution in [0.25, 0.3) is 0 Å². The average Bonchev–Trinajstić information content (AvgIpc) is 2.75. The number of carbonyl (C=O) groups is 2. The fourth-order valence-electron chi connectivity index (χ4n) is 2.43. The maximum atomic E-state index is 12.6. The van der Waals surface area contributed by atoms with Gasteiger partial charge in [-0.05, 0) is 0 Å². The van der Waals surface area contributed by atoms with E-state index in [-0.39, 0.29) is 11.9 Å². The molecular weight excluding hydrogens is 258 g/mol. The van der Waals surface area contributed by atoms with Gasteiger partial charge in [0.15, 0.2) is 0 Å². The van der Waals surface area contributed by atoms with Crippen LogP contribution in [0.4, 0.5) is 0 Å². The van der Waals surface area contributed by atoms with Crippen molar-refractivity contribution in [2.24, 2.45) is 12.5 Å². The van der Waals surface area contributed by atoms with E-state index in [0.29, 0.717) is 13.0 Å². The lowest BCUT2D eigenvalue weighted by atomic mass is 9.91. The lowest BCUT2D eigenvalue weighted by Gasteiger charge is -2.37. The van der Waals surface area contributed by atoms with Gasteiger partial charge in [-0.15, -0.1) is 0 Å². The van der Waals surface area contributed by atoms with Crippen LogP contribution < -0.4 is 0 Å². The molecule has 1 aliphatic heterocycles. The van der Waals surface area contributed by atoms with Gasteiger partial charge >= 0.3 is 5.97 Å². The number of methoxy groups -OCH3 is 1. The Morgan fingerprint density at radius 2 is 2.05 bits per heavy atom. The molecule has 0 aliphatic carbocycles. The molecule has 110 valence electrons. The number of rotatable bonds is 1. The second-order valence-corrected chi connectivity index (χ2v) is 6.17. The first-order valence-electron chi connectivity index (χ1n) is 6.63. The third kappa shape index (κ3) is 2.42. The molecule has 1 amide bonds. The highest BCUT2D eigenvalue weighted by atomic mass is 16.5. The molecule has 0 aromatic carbocycles. The summed E-state index contributed by atoms with van der Waals surface area (Å²) in [6, 6.07) is -0.589. The summed E-state index contributed by atoms with van der Waals surface area (Å²) in [5.41, 5.74) is 1.30. The van der Waals surface area contributed by atoms with Gasteiger partial charge in [-0.25, -0.2) is 9.78 Å². The molecule has 20 heavy (non-hydrogen) atoms. The summed E-state index contributed by atoms with van der Waals surface area (Å²) in [6.07, 6.45) is 2.12. The van der Waals surface area contributed by atoms with Crippen molar-refractivity contribution in [3.05, 3.63) is 17.7 Å². The standard InChI is InChI=1S/C14H21N3O3/c1-14(2,3)13(19)17-7-11-9(15-8-16(11)4)6-10(17)12(18)20-5/h8,10H,6-7H2,1-5H3. The molecule has 0 bridgehead atoms. The predicted octanol–water partition coefficient (Wildman–Crippen LogP) is 0.892. The Morgan fingerprint density at radius 1 is 1.40 bits per heavy atom. The van der Waals surface area contributed by atoms with Gasteiger partial charge in [-0.2, -0.15) is 0 Å². The van der Waals surface area contributed by atoms with Crippen molar-refractivity contribution in [2.75, 3.05) is 7.11 Å². The highest BCUT2D eigenvalue weighted by Crippen LogP contribution is 2.28. The Hall–Kier alpha value is -1.85. The van der Waals surface area contributed by atoms with Gasteiger partial charge in [0, 0.05) is 18.9 Å². The van der Waals surface area contributed by atoms with Gasteiger partial charge in [0.2, 0.25) is 5.91 Å². The molecule has 1 aromatic rings. The molecular formula is C14H21N3O3. The lowest BCUT2D eigenvalue weighted by Crippen LogP contribution is -2.52. The first kappa shape index (κ1) is 14.6. The van der Waals surface area contributed by atoms with Gasteiger partial charge in [-0.1, -0.05) is 20.8 Å². The molecule has 1 aromatic heterocycles. The van der Waals surface area contributed by atoms with Crippen molar-refractivity contribution in [3.63, 3.8) is 0 Å². The normalized spacial score (nSPS) is 18.6. The SMILES string of the molecule is COC(=O)C1Cc2ncn(C)c2CN1C(=O)C(C)(C)C. The molecule has 1 aliphatic rings. The smallest absolute Gasteiger partial charge is 0.329 e. The minimum Gasteiger partial charge on any atom is -0.467 e. The van der Waals surface area contributed by atoms with Crippen molar-refractivity contribution in [3.8, 4) is 0 Å². The fraction of sp³-hybridized carbons (Fsp3) is 0.643. The Kier molecular flexibility index (Phi) is 3.58. The first-order valence-corrected chi connectivity index (χ1v) is 6.63. The van der Waals surface area contributed by atoms with Gasteiger partial charge in [0.05, 0.1) is 31.4 Å². The van der Waals surface area contributed by atoms with E-state index in [9.17, 15) is 9.59 Å². The maximum Gasteiger partial charge on any atom is 0.329 e. The zero-order valence-electron chi connectivity index (χ0n) is 12.6. The Bertz CT molecular complexity index is 542. The number of hydrogen-bond acceptors (Lipinski definition) is 4.